The smallest absolute Gasteiger partial charge is 0.128 e. The Balaban J connectivity index is 1.57. The van der Waals surface area contributed by atoms with Crippen LogP contribution in [0.3, 0.4) is 0 Å². The lowest BCUT2D eigenvalue weighted by Gasteiger charge is -2.49. The first-order chi connectivity index (χ1) is 14.8. The number of rotatable bonds is 5. The predicted molar refractivity (Wildman–Crippen MR) is 120 cm³/mol. The molecule has 0 amide bonds. The molecule has 3 aliphatic rings. The van der Waals surface area contributed by atoms with E-state index in [1.165, 1.54) is 22.9 Å². The highest BCUT2D eigenvalue weighted by Crippen LogP contribution is 2.40. The van der Waals surface area contributed by atoms with Gasteiger partial charge in [-0.3, -0.25) is 9.89 Å². The minimum atomic E-state index is -0.164. The minimum Gasteiger partial charge on any atom is -0.294 e. The van der Waals surface area contributed by atoms with E-state index in [2.05, 4.69) is 65.6 Å². The van der Waals surface area contributed by atoms with Crippen LogP contribution in [0.4, 0.5) is 4.39 Å². The standard InChI is InChI=1S/C27H27FN2/c28-24-14-8-7-13-23(24)19-29-26-22-15-17-30(18-16-22)27(26)25(20-9-3-1-4-10-20)21-11-5-2-6-12-21/h1-14,22,25,27H,15-19H2. The average molecular weight is 399 g/mol. The van der Waals surface area contributed by atoms with Crippen LogP contribution in [-0.4, -0.2) is 29.7 Å². The van der Waals surface area contributed by atoms with Crippen molar-refractivity contribution in [2.45, 2.75) is 31.3 Å². The van der Waals surface area contributed by atoms with Gasteiger partial charge in [-0.1, -0.05) is 78.9 Å². The van der Waals surface area contributed by atoms with Crippen molar-refractivity contribution in [2.24, 2.45) is 10.9 Å². The minimum absolute atomic E-state index is 0.164. The summed E-state index contributed by atoms with van der Waals surface area (Å²) in [7, 11) is 0. The summed E-state index contributed by atoms with van der Waals surface area (Å²) in [5.74, 6) is 0.568. The summed E-state index contributed by atoms with van der Waals surface area (Å²) in [5, 5.41) is 0. The van der Waals surface area contributed by atoms with E-state index in [1.807, 2.05) is 12.1 Å². The maximum absolute atomic E-state index is 14.2. The molecule has 3 aromatic rings. The molecule has 0 aromatic heterocycles. The Kier molecular flexibility index (Phi) is 5.46. The van der Waals surface area contributed by atoms with Gasteiger partial charge in [-0.2, -0.15) is 0 Å². The zero-order chi connectivity index (χ0) is 20.3. The van der Waals surface area contributed by atoms with E-state index in [9.17, 15) is 4.39 Å². The third-order valence-corrected chi connectivity index (χ3v) is 6.67. The maximum Gasteiger partial charge on any atom is 0.128 e. The van der Waals surface area contributed by atoms with Crippen molar-refractivity contribution >= 4 is 5.71 Å². The molecule has 2 bridgehead atoms. The number of fused-ring (bicyclic) bond motifs is 3. The highest BCUT2D eigenvalue weighted by molar-refractivity contribution is 5.94. The van der Waals surface area contributed by atoms with Crippen LogP contribution in [0.1, 0.15) is 35.4 Å². The van der Waals surface area contributed by atoms with E-state index in [0.29, 0.717) is 18.0 Å². The molecule has 0 radical (unpaired) electrons. The van der Waals surface area contributed by atoms with Gasteiger partial charge in [0.2, 0.25) is 0 Å². The van der Waals surface area contributed by atoms with Gasteiger partial charge in [0, 0.05) is 23.1 Å². The Labute approximate surface area is 178 Å². The Bertz CT molecular complexity index is 968. The van der Waals surface area contributed by atoms with Crippen LogP contribution in [0.25, 0.3) is 0 Å². The van der Waals surface area contributed by atoms with Gasteiger partial charge in [0.15, 0.2) is 0 Å². The lowest BCUT2D eigenvalue weighted by molar-refractivity contribution is 0.135. The van der Waals surface area contributed by atoms with E-state index in [-0.39, 0.29) is 17.8 Å². The zero-order valence-corrected chi connectivity index (χ0v) is 17.1. The summed E-state index contributed by atoms with van der Waals surface area (Å²) in [6, 6.07) is 28.8. The second kappa shape index (κ2) is 8.53. The first-order valence-corrected chi connectivity index (χ1v) is 10.9. The van der Waals surface area contributed by atoms with Gasteiger partial charge in [0.1, 0.15) is 5.82 Å². The van der Waals surface area contributed by atoms with Crippen LogP contribution in [0.5, 0.6) is 0 Å². The third-order valence-electron chi connectivity index (χ3n) is 6.67. The number of nitrogens with zero attached hydrogens (tertiary/aromatic N) is 2. The van der Waals surface area contributed by atoms with Crippen LogP contribution in [-0.2, 0) is 6.54 Å². The van der Waals surface area contributed by atoms with E-state index in [4.69, 9.17) is 4.99 Å². The second-order valence-corrected chi connectivity index (χ2v) is 8.39. The first kappa shape index (κ1) is 19.2. The highest BCUT2D eigenvalue weighted by atomic mass is 19.1. The van der Waals surface area contributed by atoms with Gasteiger partial charge >= 0.3 is 0 Å². The lowest BCUT2D eigenvalue weighted by atomic mass is 9.72. The first-order valence-electron chi connectivity index (χ1n) is 10.9. The second-order valence-electron chi connectivity index (χ2n) is 8.39. The van der Waals surface area contributed by atoms with Crippen LogP contribution in [0.2, 0.25) is 0 Å². The zero-order valence-electron chi connectivity index (χ0n) is 17.1. The summed E-state index contributed by atoms with van der Waals surface area (Å²) < 4.78 is 14.2. The quantitative estimate of drug-likeness (QED) is 0.539. The van der Waals surface area contributed by atoms with Crippen LogP contribution >= 0.6 is 0 Å². The summed E-state index contributed by atoms with van der Waals surface area (Å²) in [5.41, 5.74) is 4.57. The Morgan fingerprint density at radius 2 is 1.37 bits per heavy atom. The molecule has 0 spiro atoms. The average Bonchev–Trinajstić information content (AvgIpc) is 2.81. The normalized spacial score (nSPS) is 24.5. The molecule has 1 atom stereocenters. The van der Waals surface area contributed by atoms with Crippen molar-refractivity contribution in [3.63, 3.8) is 0 Å². The van der Waals surface area contributed by atoms with Gasteiger partial charge < -0.3 is 0 Å². The van der Waals surface area contributed by atoms with Crippen molar-refractivity contribution < 1.29 is 4.39 Å². The molecule has 3 fully saturated rings. The van der Waals surface area contributed by atoms with Crippen molar-refractivity contribution in [3.8, 4) is 0 Å². The molecular formula is C27H27FN2. The molecule has 3 saturated heterocycles. The molecule has 0 aliphatic carbocycles. The Morgan fingerprint density at radius 3 is 1.97 bits per heavy atom. The molecule has 0 saturated carbocycles. The van der Waals surface area contributed by atoms with Gasteiger partial charge in [-0.05, 0) is 43.1 Å². The molecular weight excluding hydrogens is 371 g/mol. The number of hydrogen-bond donors (Lipinski definition) is 0. The van der Waals surface area contributed by atoms with Crippen molar-refractivity contribution in [3.05, 3.63) is 107 Å². The fraction of sp³-hybridized carbons (Fsp3) is 0.296. The van der Waals surface area contributed by atoms with Crippen LogP contribution in [0, 0.1) is 11.7 Å². The molecule has 3 heterocycles. The fourth-order valence-corrected chi connectivity index (χ4v) is 5.19. The molecule has 152 valence electrons. The van der Waals surface area contributed by atoms with Gasteiger partial charge in [0.25, 0.3) is 0 Å². The number of aliphatic imine (C=N–C) groups is 1. The SMILES string of the molecule is Fc1ccccc1CN=C1C2CCN(CC2)C1C(c1ccccc1)c1ccccc1. The van der Waals surface area contributed by atoms with Gasteiger partial charge in [-0.15, -0.1) is 0 Å². The Hall–Kier alpha value is -2.78. The topological polar surface area (TPSA) is 15.6 Å². The molecule has 3 aromatic carbocycles. The third kappa shape index (κ3) is 3.70. The number of hydrogen-bond acceptors (Lipinski definition) is 2. The van der Waals surface area contributed by atoms with Gasteiger partial charge in [0.05, 0.1) is 12.6 Å². The van der Waals surface area contributed by atoms with Crippen LogP contribution in [0.15, 0.2) is 89.9 Å². The van der Waals surface area contributed by atoms with E-state index in [1.54, 1.807) is 6.07 Å². The maximum atomic E-state index is 14.2. The summed E-state index contributed by atoms with van der Waals surface area (Å²) in [6.07, 6.45) is 2.31. The van der Waals surface area contributed by atoms with E-state index < -0.39 is 0 Å². The molecule has 2 nitrogen and oxygen atoms in total. The lowest BCUT2D eigenvalue weighted by Crippen LogP contribution is -2.58. The van der Waals surface area contributed by atoms with E-state index >= 15 is 0 Å². The molecule has 6 rings (SSSR count). The van der Waals surface area contributed by atoms with Crippen LogP contribution < -0.4 is 0 Å². The predicted octanol–water partition coefficient (Wildman–Crippen LogP) is 5.69. The molecule has 1 unspecified atom stereocenters. The van der Waals surface area contributed by atoms with Gasteiger partial charge in [-0.25, -0.2) is 4.39 Å². The summed E-state index contributed by atoms with van der Waals surface area (Å²) in [6.45, 7) is 2.65. The highest BCUT2D eigenvalue weighted by Gasteiger charge is 2.43. The number of halogens is 1. The van der Waals surface area contributed by atoms with Crippen molar-refractivity contribution in [2.75, 3.05) is 13.1 Å². The van der Waals surface area contributed by atoms with Crippen molar-refractivity contribution in [1.29, 1.82) is 0 Å². The van der Waals surface area contributed by atoms with Crippen molar-refractivity contribution in [1.82, 2.24) is 4.90 Å². The fourth-order valence-electron chi connectivity index (χ4n) is 5.19. The Morgan fingerprint density at radius 1 is 0.800 bits per heavy atom. The summed E-state index contributed by atoms with van der Waals surface area (Å²) >= 11 is 0. The molecule has 3 heteroatoms. The van der Waals surface area contributed by atoms with E-state index in [0.717, 1.165) is 25.9 Å². The molecule has 0 N–H and O–H groups in total. The monoisotopic (exact) mass is 398 g/mol. The number of piperidine rings is 3. The number of benzene rings is 3. The molecule has 30 heavy (non-hydrogen) atoms. The summed E-state index contributed by atoms with van der Waals surface area (Å²) in [4.78, 5) is 7.69. The molecule has 3 aliphatic heterocycles. The largest absolute Gasteiger partial charge is 0.294 e.